The standard InChI is InChI=1S/C14H18INO/c1-13(2)12(14(13,3)4)16-11(17)9-7-5-6-8-10(9)15/h5-8,12H,1-4H3,(H,16,17). The van der Waals surface area contributed by atoms with Crippen LogP contribution in [0.4, 0.5) is 0 Å². The topological polar surface area (TPSA) is 29.1 Å². The van der Waals surface area contributed by atoms with Gasteiger partial charge in [0.2, 0.25) is 0 Å². The predicted molar refractivity (Wildman–Crippen MR) is 78.0 cm³/mol. The van der Waals surface area contributed by atoms with Gasteiger partial charge in [-0.2, -0.15) is 0 Å². The van der Waals surface area contributed by atoms with E-state index in [0.717, 1.165) is 9.13 Å². The summed E-state index contributed by atoms with van der Waals surface area (Å²) in [6, 6.07) is 7.95. The summed E-state index contributed by atoms with van der Waals surface area (Å²) in [5, 5.41) is 3.15. The van der Waals surface area contributed by atoms with Crippen LogP contribution in [0.25, 0.3) is 0 Å². The molecule has 0 radical (unpaired) electrons. The van der Waals surface area contributed by atoms with E-state index in [1.807, 2.05) is 24.3 Å². The minimum atomic E-state index is 0.0404. The van der Waals surface area contributed by atoms with Gasteiger partial charge in [-0.25, -0.2) is 0 Å². The molecule has 0 heterocycles. The number of carbonyl (C=O) groups is 1. The maximum absolute atomic E-state index is 12.2. The lowest BCUT2D eigenvalue weighted by molar-refractivity contribution is 0.0942. The second-order valence-electron chi connectivity index (χ2n) is 5.83. The third-order valence-corrected chi connectivity index (χ3v) is 5.36. The number of amides is 1. The summed E-state index contributed by atoms with van der Waals surface area (Å²) in [6.07, 6.45) is 0. The Bertz CT molecular complexity index is 451. The molecule has 2 rings (SSSR count). The third kappa shape index (κ3) is 1.98. The quantitative estimate of drug-likeness (QED) is 0.819. The van der Waals surface area contributed by atoms with Crippen LogP contribution in [0, 0.1) is 14.4 Å². The molecule has 1 saturated carbocycles. The van der Waals surface area contributed by atoms with Gasteiger partial charge in [-0.1, -0.05) is 39.8 Å². The predicted octanol–water partition coefficient (Wildman–Crippen LogP) is 3.46. The van der Waals surface area contributed by atoms with Gasteiger partial charge in [0.1, 0.15) is 0 Å². The van der Waals surface area contributed by atoms with Crippen molar-refractivity contribution in [1.29, 1.82) is 0 Å². The summed E-state index contributed by atoms with van der Waals surface area (Å²) in [7, 11) is 0. The van der Waals surface area contributed by atoms with E-state index >= 15 is 0 Å². The second kappa shape index (κ2) is 3.97. The van der Waals surface area contributed by atoms with Gasteiger partial charge in [-0.05, 0) is 45.6 Å². The van der Waals surface area contributed by atoms with E-state index in [4.69, 9.17) is 0 Å². The van der Waals surface area contributed by atoms with E-state index in [9.17, 15) is 4.79 Å². The number of hydrogen-bond donors (Lipinski definition) is 1. The average Bonchev–Trinajstić information content (AvgIpc) is 2.61. The number of rotatable bonds is 2. The summed E-state index contributed by atoms with van der Waals surface area (Å²) in [5.74, 6) is 0.0404. The SMILES string of the molecule is CC1(C)C(NC(=O)c2ccccc2I)C1(C)C. The van der Waals surface area contributed by atoms with Crippen molar-refractivity contribution in [2.24, 2.45) is 10.8 Å². The van der Waals surface area contributed by atoms with Crippen LogP contribution in [0.3, 0.4) is 0 Å². The van der Waals surface area contributed by atoms with Gasteiger partial charge in [-0.3, -0.25) is 4.79 Å². The minimum absolute atomic E-state index is 0.0404. The molecule has 1 aliphatic carbocycles. The van der Waals surface area contributed by atoms with Crippen molar-refractivity contribution < 1.29 is 4.79 Å². The number of nitrogens with one attached hydrogen (secondary N) is 1. The van der Waals surface area contributed by atoms with E-state index in [-0.39, 0.29) is 22.8 Å². The zero-order valence-corrected chi connectivity index (χ0v) is 12.8. The van der Waals surface area contributed by atoms with E-state index in [2.05, 4.69) is 55.6 Å². The maximum Gasteiger partial charge on any atom is 0.252 e. The first-order valence-corrected chi connectivity index (χ1v) is 6.92. The molecule has 0 aromatic heterocycles. The van der Waals surface area contributed by atoms with Crippen molar-refractivity contribution in [2.75, 3.05) is 0 Å². The third-order valence-electron chi connectivity index (χ3n) is 4.41. The van der Waals surface area contributed by atoms with E-state index in [0.29, 0.717) is 0 Å². The van der Waals surface area contributed by atoms with E-state index < -0.39 is 0 Å². The fourth-order valence-corrected chi connectivity index (χ4v) is 3.04. The van der Waals surface area contributed by atoms with Gasteiger partial charge in [0.25, 0.3) is 5.91 Å². The lowest BCUT2D eigenvalue weighted by Gasteiger charge is -2.08. The molecule has 0 saturated heterocycles. The lowest BCUT2D eigenvalue weighted by Crippen LogP contribution is -2.30. The van der Waals surface area contributed by atoms with Crippen LogP contribution in [0.1, 0.15) is 38.1 Å². The van der Waals surface area contributed by atoms with Crippen molar-refractivity contribution in [2.45, 2.75) is 33.7 Å². The normalized spacial score (nSPS) is 21.0. The zero-order chi connectivity index (χ0) is 12.8. The van der Waals surface area contributed by atoms with Crippen molar-refractivity contribution in [3.05, 3.63) is 33.4 Å². The van der Waals surface area contributed by atoms with Crippen molar-refractivity contribution in [1.82, 2.24) is 5.32 Å². The van der Waals surface area contributed by atoms with E-state index in [1.54, 1.807) is 0 Å². The highest BCUT2D eigenvalue weighted by Gasteiger charge is 2.65. The first kappa shape index (κ1) is 12.9. The highest BCUT2D eigenvalue weighted by molar-refractivity contribution is 14.1. The molecule has 1 aliphatic rings. The molecular formula is C14H18INO. The molecule has 3 heteroatoms. The smallest absolute Gasteiger partial charge is 0.252 e. The monoisotopic (exact) mass is 343 g/mol. The molecule has 0 spiro atoms. The molecule has 1 aromatic rings. The van der Waals surface area contributed by atoms with Crippen molar-refractivity contribution in [3.63, 3.8) is 0 Å². The Labute approximate surface area is 116 Å². The summed E-state index contributed by atoms with van der Waals surface area (Å²) < 4.78 is 0.999. The Kier molecular flexibility index (Phi) is 3.00. The van der Waals surface area contributed by atoms with Crippen molar-refractivity contribution >= 4 is 28.5 Å². The second-order valence-corrected chi connectivity index (χ2v) is 6.99. The number of carbonyl (C=O) groups excluding carboxylic acids is 1. The summed E-state index contributed by atoms with van der Waals surface area (Å²) in [6.45, 7) is 8.81. The summed E-state index contributed by atoms with van der Waals surface area (Å²) in [5.41, 5.74) is 1.14. The number of hydrogen-bond acceptors (Lipinski definition) is 1. The van der Waals surface area contributed by atoms with Gasteiger partial charge < -0.3 is 5.32 Å². The molecule has 1 aromatic carbocycles. The zero-order valence-electron chi connectivity index (χ0n) is 10.7. The number of benzene rings is 1. The van der Waals surface area contributed by atoms with Gasteiger partial charge in [-0.15, -0.1) is 0 Å². The first-order valence-electron chi connectivity index (χ1n) is 5.84. The van der Waals surface area contributed by atoms with Crippen LogP contribution in [0.15, 0.2) is 24.3 Å². The largest absolute Gasteiger partial charge is 0.348 e. The van der Waals surface area contributed by atoms with Crippen LogP contribution >= 0.6 is 22.6 Å². The molecule has 1 N–H and O–H groups in total. The molecular weight excluding hydrogens is 325 g/mol. The molecule has 0 aliphatic heterocycles. The summed E-state index contributed by atoms with van der Waals surface area (Å²) >= 11 is 2.20. The fraction of sp³-hybridized carbons (Fsp3) is 0.500. The van der Waals surface area contributed by atoms with Crippen LogP contribution in [-0.4, -0.2) is 11.9 Å². The Balaban J connectivity index is 2.13. The van der Waals surface area contributed by atoms with Crippen LogP contribution < -0.4 is 5.32 Å². The molecule has 17 heavy (non-hydrogen) atoms. The van der Waals surface area contributed by atoms with Crippen LogP contribution in [0.5, 0.6) is 0 Å². The minimum Gasteiger partial charge on any atom is -0.348 e. The first-order chi connectivity index (χ1) is 7.78. The van der Waals surface area contributed by atoms with Crippen LogP contribution in [-0.2, 0) is 0 Å². The van der Waals surface area contributed by atoms with Crippen molar-refractivity contribution in [3.8, 4) is 0 Å². The molecule has 0 unspecified atom stereocenters. The molecule has 1 amide bonds. The Hall–Kier alpha value is -0.580. The summed E-state index contributed by atoms with van der Waals surface area (Å²) in [4.78, 5) is 12.2. The number of halogens is 1. The molecule has 0 bridgehead atoms. The van der Waals surface area contributed by atoms with Gasteiger partial charge >= 0.3 is 0 Å². The molecule has 0 atom stereocenters. The molecule has 2 nitrogen and oxygen atoms in total. The van der Waals surface area contributed by atoms with Gasteiger partial charge in [0.15, 0.2) is 0 Å². The van der Waals surface area contributed by atoms with E-state index in [1.165, 1.54) is 0 Å². The van der Waals surface area contributed by atoms with Crippen LogP contribution in [0.2, 0.25) is 0 Å². The van der Waals surface area contributed by atoms with Gasteiger partial charge in [0, 0.05) is 9.61 Å². The maximum atomic E-state index is 12.2. The molecule has 1 fully saturated rings. The lowest BCUT2D eigenvalue weighted by atomic mass is 10.0. The van der Waals surface area contributed by atoms with Gasteiger partial charge in [0.05, 0.1) is 5.56 Å². The highest BCUT2D eigenvalue weighted by Crippen LogP contribution is 2.62. The Morgan fingerprint density at radius 2 is 1.71 bits per heavy atom. The average molecular weight is 343 g/mol. The molecule has 92 valence electrons. The Morgan fingerprint density at radius 1 is 1.18 bits per heavy atom. The Morgan fingerprint density at radius 3 is 2.18 bits per heavy atom. The fourth-order valence-electron chi connectivity index (χ4n) is 2.41. The highest BCUT2D eigenvalue weighted by atomic mass is 127.